The van der Waals surface area contributed by atoms with Gasteiger partial charge in [-0.3, -0.25) is 9.59 Å². The molecule has 0 spiro atoms. The van der Waals surface area contributed by atoms with E-state index in [-0.39, 0.29) is 23.7 Å². The molecular formula is C18H26N2O2. The standard InChI is InChI=1S/C18H26N2O2/c1-14(2)18(22)20-12-9-16(10-13-20)17(21)19-11-8-15-6-4-3-5-7-15/h3-7,14,16H,8-13H2,1-2H3,(H,19,21). The Hall–Kier alpha value is -1.84. The number of benzene rings is 1. The van der Waals surface area contributed by atoms with Crippen molar-refractivity contribution in [2.24, 2.45) is 11.8 Å². The van der Waals surface area contributed by atoms with Gasteiger partial charge < -0.3 is 10.2 Å². The van der Waals surface area contributed by atoms with Crippen LogP contribution in [-0.4, -0.2) is 36.3 Å². The van der Waals surface area contributed by atoms with Gasteiger partial charge in [-0.1, -0.05) is 44.2 Å². The van der Waals surface area contributed by atoms with Gasteiger partial charge in [-0.2, -0.15) is 0 Å². The van der Waals surface area contributed by atoms with Gasteiger partial charge >= 0.3 is 0 Å². The van der Waals surface area contributed by atoms with Crippen LogP contribution >= 0.6 is 0 Å². The minimum atomic E-state index is 0.0382. The van der Waals surface area contributed by atoms with Gasteiger partial charge in [0.1, 0.15) is 0 Å². The molecular weight excluding hydrogens is 276 g/mol. The van der Waals surface area contributed by atoms with Gasteiger partial charge in [0.05, 0.1) is 0 Å². The van der Waals surface area contributed by atoms with Crippen LogP contribution in [0.25, 0.3) is 0 Å². The van der Waals surface area contributed by atoms with Gasteiger partial charge in [0.2, 0.25) is 11.8 Å². The van der Waals surface area contributed by atoms with E-state index in [2.05, 4.69) is 17.4 Å². The van der Waals surface area contributed by atoms with Crippen molar-refractivity contribution in [2.75, 3.05) is 19.6 Å². The summed E-state index contributed by atoms with van der Waals surface area (Å²) < 4.78 is 0. The van der Waals surface area contributed by atoms with Crippen LogP contribution in [0.15, 0.2) is 30.3 Å². The average molecular weight is 302 g/mol. The van der Waals surface area contributed by atoms with Gasteiger partial charge in [0.25, 0.3) is 0 Å². The minimum Gasteiger partial charge on any atom is -0.356 e. The number of hydrogen-bond donors (Lipinski definition) is 1. The summed E-state index contributed by atoms with van der Waals surface area (Å²) in [5, 5.41) is 3.03. The zero-order valence-corrected chi connectivity index (χ0v) is 13.5. The Balaban J connectivity index is 1.70. The first-order valence-corrected chi connectivity index (χ1v) is 8.18. The van der Waals surface area contributed by atoms with Crippen molar-refractivity contribution in [1.82, 2.24) is 10.2 Å². The van der Waals surface area contributed by atoms with E-state index in [1.165, 1.54) is 5.56 Å². The van der Waals surface area contributed by atoms with Crippen molar-refractivity contribution >= 4 is 11.8 Å². The highest BCUT2D eigenvalue weighted by atomic mass is 16.2. The Bertz CT molecular complexity index is 491. The molecule has 0 aromatic heterocycles. The van der Waals surface area contributed by atoms with Gasteiger partial charge in [-0.25, -0.2) is 0 Å². The second-order valence-electron chi connectivity index (χ2n) is 6.28. The van der Waals surface area contributed by atoms with Crippen molar-refractivity contribution in [3.63, 3.8) is 0 Å². The largest absolute Gasteiger partial charge is 0.356 e. The summed E-state index contributed by atoms with van der Waals surface area (Å²) in [6.45, 7) is 5.92. The van der Waals surface area contributed by atoms with Gasteiger partial charge in [0.15, 0.2) is 0 Å². The molecule has 22 heavy (non-hydrogen) atoms. The monoisotopic (exact) mass is 302 g/mol. The SMILES string of the molecule is CC(C)C(=O)N1CCC(C(=O)NCCc2ccccc2)CC1. The molecule has 0 radical (unpaired) electrons. The molecule has 1 aromatic carbocycles. The van der Waals surface area contributed by atoms with Crippen LogP contribution in [0.2, 0.25) is 0 Å². The molecule has 120 valence electrons. The number of carbonyl (C=O) groups is 2. The van der Waals surface area contributed by atoms with E-state index < -0.39 is 0 Å². The highest BCUT2D eigenvalue weighted by molar-refractivity contribution is 5.80. The number of rotatable bonds is 5. The summed E-state index contributed by atoms with van der Waals surface area (Å²) in [6, 6.07) is 10.2. The molecule has 0 saturated carbocycles. The first-order chi connectivity index (χ1) is 10.6. The smallest absolute Gasteiger partial charge is 0.225 e. The molecule has 1 aliphatic rings. The Morgan fingerprint density at radius 1 is 1.18 bits per heavy atom. The average Bonchev–Trinajstić information content (AvgIpc) is 2.55. The van der Waals surface area contributed by atoms with Crippen LogP contribution in [0.5, 0.6) is 0 Å². The Morgan fingerprint density at radius 2 is 1.82 bits per heavy atom. The van der Waals surface area contributed by atoms with Crippen LogP contribution in [0.4, 0.5) is 0 Å². The minimum absolute atomic E-state index is 0.0382. The summed E-state index contributed by atoms with van der Waals surface area (Å²) in [4.78, 5) is 26.0. The van der Waals surface area contributed by atoms with Crippen molar-refractivity contribution < 1.29 is 9.59 Å². The fourth-order valence-corrected chi connectivity index (χ4v) is 2.85. The van der Waals surface area contributed by atoms with E-state index >= 15 is 0 Å². The van der Waals surface area contributed by atoms with Gasteiger partial charge in [-0.15, -0.1) is 0 Å². The molecule has 4 heteroatoms. The fourth-order valence-electron chi connectivity index (χ4n) is 2.85. The lowest BCUT2D eigenvalue weighted by Gasteiger charge is -2.32. The molecule has 1 saturated heterocycles. The molecule has 1 heterocycles. The zero-order chi connectivity index (χ0) is 15.9. The van der Waals surface area contributed by atoms with E-state index in [4.69, 9.17) is 0 Å². The Labute approximate surface area is 132 Å². The topological polar surface area (TPSA) is 49.4 Å². The number of piperidine rings is 1. The number of likely N-dealkylation sites (tertiary alicyclic amines) is 1. The van der Waals surface area contributed by atoms with Crippen molar-refractivity contribution in [3.05, 3.63) is 35.9 Å². The van der Waals surface area contributed by atoms with Crippen LogP contribution in [0, 0.1) is 11.8 Å². The maximum absolute atomic E-state index is 12.2. The number of hydrogen-bond acceptors (Lipinski definition) is 2. The van der Waals surface area contributed by atoms with E-state index in [1.54, 1.807) is 0 Å². The highest BCUT2D eigenvalue weighted by Gasteiger charge is 2.27. The molecule has 4 nitrogen and oxygen atoms in total. The third-order valence-electron chi connectivity index (χ3n) is 4.23. The predicted octanol–water partition coefficient (Wildman–Crippen LogP) is 2.24. The van der Waals surface area contributed by atoms with Crippen molar-refractivity contribution in [3.8, 4) is 0 Å². The maximum Gasteiger partial charge on any atom is 0.225 e. The summed E-state index contributed by atoms with van der Waals surface area (Å²) in [5.74, 6) is 0.416. The third-order valence-corrected chi connectivity index (χ3v) is 4.23. The molecule has 0 atom stereocenters. The fraction of sp³-hybridized carbons (Fsp3) is 0.556. The van der Waals surface area contributed by atoms with E-state index in [1.807, 2.05) is 36.9 Å². The highest BCUT2D eigenvalue weighted by Crippen LogP contribution is 2.19. The third kappa shape index (κ3) is 4.58. The number of nitrogens with one attached hydrogen (secondary N) is 1. The lowest BCUT2D eigenvalue weighted by atomic mass is 9.95. The van der Waals surface area contributed by atoms with E-state index in [0.29, 0.717) is 19.6 Å². The van der Waals surface area contributed by atoms with Crippen LogP contribution in [0.1, 0.15) is 32.3 Å². The molecule has 2 amide bonds. The molecule has 1 N–H and O–H groups in total. The second kappa shape index (κ2) is 7.97. The van der Waals surface area contributed by atoms with Crippen molar-refractivity contribution in [1.29, 1.82) is 0 Å². The summed E-state index contributed by atoms with van der Waals surface area (Å²) in [6.07, 6.45) is 2.41. The van der Waals surface area contributed by atoms with Crippen LogP contribution < -0.4 is 5.32 Å². The summed E-state index contributed by atoms with van der Waals surface area (Å²) >= 11 is 0. The normalized spacial score (nSPS) is 15.9. The molecule has 2 rings (SSSR count). The van der Waals surface area contributed by atoms with Crippen LogP contribution in [0.3, 0.4) is 0 Å². The molecule has 0 aliphatic carbocycles. The van der Waals surface area contributed by atoms with Crippen LogP contribution in [-0.2, 0) is 16.0 Å². The molecule has 1 aromatic rings. The quantitative estimate of drug-likeness (QED) is 0.907. The summed E-state index contributed by atoms with van der Waals surface area (Å²) in [5.41, 5.74) is 1.24. The lowest BCUT2D eigenvalue weighted by molar-refractivity contribution is -0.138. The number of nitrogens with zero attached hydrogens (tertiary/aromatic N) is 1. The summed E-state index contributed by atoms with van der Waals surface area (Å²) in [7, 11) is 0. The number of amides is 2. The zero-order valence-electron chi connectivity index (χ0n) is 13.5. The molecule has 1 aliphatic heterocycles. The predicted molar refractivity (Wildman–Crippen MR) is 87.3 cm³/mol. The first-order valence-electron chi connectivity index (χ1n) is 8.18. The first kappa shape index (κ1) is 16.5. The molecule has 0 bridgehead atoms. The molecule has 1 fully saturated rings. The van der Waals surface area contributed by atoms with Gasteiger partial charge in [0, 0.05) is 31.5 Å². The van der Waals surface area contributed by atoms with E-state index in [9.17, 15) is 9.59 Å². The molecule has 0 unspecified atom stereocenters. The van der Waals surface area contributed by atoms with Gasteiger partial charge in [-0.05, 0) is 24.8 Å². The van der Waals surface area contributed by atoms with Crippen molar-refractivity contribution in [2.45, 2.75) is 33.1 Å². The van der Waals surface area contributed by atoms with E-state index in [0.717, 1.165) is 19.3 Å². The lowest BCUT2D eigenvalue weighted by Crippen LogP contribution is -2.44. The second-order valence-corrected chi connectivity index (χ2v) is 6.28. The number of carbonyl (C=O) groups excluding carboxylic acids is 2. The maximum atomic E-state index is 12.2. The Morgan fingerprint density at radius 3 is 2.41 bits per heavy atom. The Kier molecular flexibility index (Phi) is 5.99.